The minimum Gasteiger partial charge on any atom is -0.424 e. The van der Waals surface area contributed by atoms with E-state index in [1.54, 1.807) is 11.4 Å². The van der Waals surface area contributed by atoms with Crippen molar-refractivity contribution < 1.29 is 22.4 Å². The van der Waals surface area contributed by atoms with Gasteiger partial charge in [-0.2, -0.15) is 4.72 Å². The second-order valence-corrected chi connectivity index (χ2v) is 9.07. The third-order valence-electron chi connectivity index (χ3n) is 2.28. The Labute approximate surface area is 137 Å². The highest BCUT2D eigenvalue weighted by atomic mass is 35.5. The Kier molecular flexibility index (Phi) is 6.57. The predicted molar refractivity (Wildman–Crippen MR) is 86.4 cm³/mol. The molecule has 11 heteroatoms. The molecule has 22 heavy (non-hydrogen) atoms. The molecule has 1 aromatic heterocycles. The van der Waals surface area contributed by atoms with Crippen molar-refractivity contribution in [2.24, 2.45) is 0 Å². The average molecular weight is 385 g/mol. The molecular weight excluding hydrogens is 371 g/mol. The fraction of sp³-hybridized carbons (Fsp3) is 0.0909. The van der Waals surface area contributed by atoms with Crippen LogP contribution in [-0.2, 0) is 14.6 Å². The summed E-state index contributed by atoms with van der Waals surface area (Å²) in [7, 11) is -7.97. The number of thiophene rings is 1. The number of halogens is 1. The minimum absolute atomic E-state index is 0. The van der Waals surface area contributed by atoms with Crippen LogP contribution in [0.15, 0.2) is 46.0 Å². The van der Waals surface area contributed by atoms with E-state index in [4.69, 9.17) is 16.1 Å². The van der Waals surface area contributed by atoms with Crippen LogP contribution < -0.4 is 15.4 Å². The Morgan fingerprint density at radius 3 is 2.45 bits per heavy atom. The highest BCUT2D eigenvalue weighted by Crippen LogP contribution is 2.41. The maximum absolute atomic E-state index is 11.9. The van der Waals surface area contributed by atoms with E-state index in [0.29, 0.717) is 5.02 Å². The molecule has 1 unspecified atom stereocenters. The second kappa shape index (κ2) is 7.56. The summed E-state index contributed by atoms with van der Waals surface area (Å²) < 4.78 is 42.5. The largest absolute Gasteiger partial charge is 0.424 e. The molecule has 1 aromatic carbocycles. The molecule has 0 radical (unpaired) electrons. The van der Waals surface area contributed by atoms with Crippen molar-refractivity contribution in [3.63, 3.8) is 0 Å². The first-order valence-electron chi connectivity index (χ1n) is 5.59. The van der Waals surface area contributed by atoms with Gasteiger partial charge in [0.25, 0.3) is 10.0 Å². The van der Waals surface area contributed by atoms with E-state index in [-0.39, 0.29) is 16.1 Å². The van der Waals surface area contributed by atoms with Crippen LogP contribution in [0.3, 0.4) is 0 Å². The highest BCUT2D eigenvalue weighted by Gasteiger charge is 2.25. The first kappa shape index (κ1) is 19.1. The van der Waals surface area contributed by atoms with Crippen LogP contribution in [0.4, 0.5) is 0 Å². The third kappa shape index (κ3) is 5.36. The van der Waals surface area contributed by atoms with Gasteiger partial charge >= 0.3 is 7.60 Å². The van der Waals surface area contributed by atoms with E-state index < -0.39 is 23.9 Å². The Bertz CT molecular complexity index is 749. The summed E-state index contributed by atoms with van der Waals surface area (Å²) in [6.45, 7) is 0. The number of hydrogen-bond donors (Lipinski definition) is 3. The van der Waals surface area contributed by atoms with Crippen LogP contribution >= 0.6 is 30.5 Å². The molecule has 0 saturated heterocycles. The van der Waals surface area contributed by atoms with Crippen LogP contribution in [-0.4, -0.2) is 19.6 Å². The normalized spacial score (nSPS) is 13.9. The molecule has 0 spiro atoms. The number of hydrogen-bond acceptors (Lipinski definition) is 6. The summed E-state index contributed by atoms with van der Waals surface area (Å²) in [4.78, 5) is 9.67. The van der Waals surface area contributed by atoms with Gasteiger partial charge in [0.2, 0.25) is 0 Å². The third-order valence-corrected chi connectivity index (χ3v) is 6.59. The van der Waals surface area contributed by atoms with E-state index in [9.17, 15) is 17.9 Å². The Morgan fingerprint density at radius 1 is 1.27 bits per heavy atom. The summed E-state index contributed by atoms with van der Waals surface area (Å²) in [5.74, 6) is 0.126. The molecule has 2 rings (SSSR count). The summed E-state index contributed by atoms with van der Waals surface area (Å²) >= 11 is 6.69. The van der Waals surface area contributed by atoms with E-state index in [2.05, 4.69) is 4.72 Å². The lowest BCUT2D eigenvalue weighted by Gasteiger charge is -2.14. The number of rotatable bonds is 6. The molecule has 1 atom stereocenters. The lowest BCUT2D eigenvalue weighted by atomic mass is 10.3. The quantitative estimate of drug-likeness (QED) is 0.656. The molecule has 5 N–H and O–H groups in total. The van der Waals surface area contributed by atoms with Gasteiger partial charge in [-0.1, -0.05) is 17.7 Å². The zero-order valence-corrected chi connectivity index (χ0v) is 14.5. The monoisotopic (exact) mass is 384 g/mol. The van der Waals surface area contributed by atoms with E-state index in [1.165, 1.54) is 30.3 Å². The molecule has 0 saturated carbocycles. The van der Waals surface area contributed by atoms with Gasteiger partial charge in [0.1, 0.15) is 16.2 Å². The Hall–Kier alpha value is -0.930. The van der Waals surface area contributed by atoms with Gasteiger partial charge < -0.3 is 15.6 Å². The SMILES string of the molecule is N.O=P(O)(CNS(=O)(=O)c1cccs1)Oc1ccc(Cl)cc1. The first-order valence-corrected chi connectivity index (χ1v) is 10.1. The molecule has 0 fully saturated rings. The maximum Gasteiger partial charge on any atom is 0.391 e. The zero-order valence-electron chi connectivity index (χ0n) is 11.2. The summed E-state index contributed by atoms with van der Waals surface area (Å²) in [6, 6.07) is 8.79. The lowest BCUT2D eigenvalue weighted by Crippen LogP contribution is -2.25. The molecule has 2 aromatic rings. The van der Waals surface area contributed by atoms with E-state index >= 15 is 0 Å². The van der Waals surface area contributed by atoms with Crippen molar-refractivity contribution in [2.75, 3.05) is 6.29 Å². The molecule has 0 bridgehead atoms. The van der Waals surface area contributed by atoms with Gasteiger partial charge in [-0.05, 0) is 35.7 Å². The molecule has 0 aliphatic heterocycles. The van der Waals surface area contributed by atoms with Crippen LogP contribution in [0.25, 0.3) is 0 Å². The fourth-order valence-electron chi connectivity index (χ4n) is 1.35. The molecule has 7 nitrogen and oxygen atoms in total. The predicted octanol–water partition coefficient (Wildman–Crippen LogP) is 3.06. The molecule has 0 aliphatic carbocycles. The molecule has 1 heterocycles. The van der Waals surface area contributed by atoms with Crippen LogP contribution in [0.5, 0.6) is 5.75 Å². The van der Waals surface area contributed by atoms with Gasteiger partial charge in [0, 0.05) is 5.02 Å². The number of benzene rings is 1. The van der Waals surface area contributed by atoms with Crippen LogP contribution in [0.2, 0.25) is 5.02 Å². The number of nitrogens with one attached hydrogen (secondary N) is 1. The standard InChI is InChI=1S/C11H11ClNO5PS2.H3N/c12-9-3-5-10(6-4-9)18-19(14,15)8-13-21(16,17)11-2-1-7-20-11;/h1-7,13H,8H2,(H,14,15);1H3. The topological polar surface area (TPSA) is 128 Å². The molecule has 0 aliphatic rings. The average Bonchev–Trinajstić information content (AvgIpc) is 2.94. The van der Waals surface area contributed by atoms with Crippen molar-refractivity contribution in [1.82, 2.24) is 10.9 Å². The molecular formula is C11H14ClN2O5PS2. The van der Waals surface area contributed by atoms with Gasteiger partial charge in [0.05, 0.1) is 0 Å². The Morgan fingerprint density at radius 2 is 1.91 bits per heavy atom. The smallest absolute Gasteiger partial charge is 0.391 e. The fourth-order valence-corrected chi connectivity index (χ4v) is 5.02. The van der Waals surface area contributed by atoms with E-state index in [1.807, 2.05) is 0 Å². The van der Waals surface area contributed by atoms with Crippen molar-refractivity contribution in [1.29, 1.82) is 0 Å². The van der Waals surface area contributed by atoms with Crippen molar-refractivity contribution >= 4 is 40.6 Å². The highest BCUT2D eigenvalue weighted by molar-refractivity contribution is 7.91. The number of sulfonamides is 1. The molecule has 0 amide bonds. The van der Waals surface area contributed by atoms with E-state index in [0.717, 1.165) is 11.3 Å². The first-order chi connectivity index (χ1) is 9.78. The van der Waals surface area contributed by atoms with Gasteiger partial charge in [-0.15, -0.1) is 11.3 Å². The lowest BCUT2D eigenvalue weighted by molar-refractivity contribution is 0.378. The van der Waals surface area contributed by atoms with Crippen molar-refractivity contribution in [2.45, 2.75) is 4.21 Å². The van der Waals surface area contributed by atoms with Crippen molar-refractivity contribution in [3.8, 4) is 5.75 Å². The van der Waals surface area contributed by atoms with Crippen LogP contribution in [0.1, 0.15) is 0 Å². The maximum atomic E-state index is 11.9. The summed E-state index contributed by atoms with van der Waals surface area (Å²) in [5.41, 5.74) is 0. The minimum atomic E-state index is -4.16. The zero-order chi connectivity index (χ0) is 15.5. The summed E-state index contributed by atoms with van der Waals surface area (Å²) in [5, 5.41) is 2.05. The van der Waals surface area contributed by atoms with Crippen molar-refractivity contribution in [3.05, 3.63) is 46.8 Å². The molecule has 122 valence electrons. The van der Waals surface area contributed by atoms with Crippen LogP contribution in [0, 0.1) is 0 Å². The Balaban J connectivity index is 0.00000242. The van der Waals surface area contributed by atoms with Gasteiger partial charge in [0.15, 0.2) is 0 Å². The van der Waals surface area contributed by atoms with Gasteiger partial charge in [-0.25, -0.2) is 13.0 Å². The second-order valence-electron chi connectivity index (χ2n) is 3.92. The summed E-state index contributed by atoms with van der Waals surface area (Å²) in [6.07, 6.45) is -0.726. The van der Waals surface area contributed by atoms with Gasteiger partial charge in [-0.3, -0.25) is 0 Å².